The van der Waals surface area contributed by atoms with E-state index in [9.17, 15) is 10.1 Å². The van der Waals surface area contributed by atoms with Gasteiger partial charge in [-0.05, 0) is 24.3 Å². The first-order valence-corrected chi connectivity index (χ1v) is 6.47. The third-order valence-electron chi connectivity index (χ3n) is 3.16. The molecule has 6 heteroatoms. The lowest BCUT2D eigenvalue weighted by Gasteiger charge is -2.12. The molecule has 2 N–H and O–H groups in total. The summed E-state index contributed by atoms with van der Waals surface area (Å²) in [6, 6.07) is 14.0. The fraction of sp³-hybridized carbons (Fsp3) is 0. The normalized spacial score (nSPS) is 10.5. The number of nitriles is 1. The van der Waals surface area contributed by atoms with Gasteiger partial charge in [0.1, 0.15) is 16.8 Å². The molecule has 21 heavy (non-hydrogen) atoms. The van der Waals surface area contributed by atoms with E-state index >= 15 is 0 Å². The predicted molar refractivity (Wildman–Crippen MR) is 81.5 cm³/mol. The van der Waals surface area contributed by atoms with Crippen molar-refractivity contribution in [2.75, 3.05) is 5.73 Å². The second-order valence-electron chi connectivity index (χ2n) is 4.38. The monoisotopic (exact) mass is 296 g/mol. The second kappa shape index (κ2) is 4.93. The highest BCUT2D eigenvalue weighted by Gasteiger charge is 2.16. The van der Waals surface area contributed by atoms with Crippen LogP contribution in [0.25, 0.3) is 16.7 Å². The van der Waals surface area contributed by atoms with E-state index < -0.39 is 5.56 Å². The molecule has 0 bridgehead atoms. The van der Waals surface area contributed by atoms with Crippen LogP contribution in [0.2, 0.25) is 5.15 Å². The van der Waals surface area contributed by atoms with Crippen LogP contribution >= 0.6 is 11.6 Å². The lowest BCUT2D eigenvalue weighted by molar-refractivity contribution is 1.01. The minimum Gasteiger partial charge on any atom is -0.397 e. The molecule has 2 heterocycles. The number of rotatable bonds is 1. The smallest absolute Gasteiger partial charge is 0.276 e. The van der Waals surface area contributed by atoms with E-state index in [2.05, 4.69) is 4.98 Å². The van der Waals surface area contributed by atoms with E-state index in [1.807, 2.05) is 12.1 Å². The Kier molecular flexibility index (Phi) is 3.09. The molecule has 3 rings (SSSR count). The Bertz CT molecular complexity index is 942. The van der Waals surface area contributed by atoms with Crippen molar-refractivity contribution in [1.29, 1.82) is 5.26 Å². The molecule has 1 aromatic carbocycles. The molecule has 0 saturated carbocycles. The van der Waals surface area contributed by atoms with Crippen LogP contribution in [-0.2, 0) is 0 Å². The summed E-state index contributed by atoms with van der Waals surface area (Å²) in [7, 11) is 0. The highest BCUT2D eigenvalue weighted by Crippen LogP contribution is 2.24. The molecular weight excluding hydrogens is 288 g/mol. The summed E-state index contributed by atoms with van der Waals surface area (Å²) in [5.74, 6) is 0. The molecule has 0 spiro atoms. The highest BCUT2D eigenvalue weighted by molar-refractivity contribution is 6.29. The largest absolute Gasteiger partial charge is 0.397 e. The Morgan fingerprint density at radius 1 is 1.19 bits per heavy atom. The van der Waals surface area contributed by atoms with Crippen molar-refractivity contribution in [3.63, 3.8) is 0 Å². The van der Waals surface area contributed by atoms with Crippen molar-refractivity contribution in [2.24, 2.45) is 0 Å². The molecule has 2 aromatic heterocycles. The van der Waals surface area contributed by atoms with Gasteiger partial charge >= 0.3 is 0 Å². The summed E-state index contributed by atoms with van der Waals surface area (Å²) in [5.41, 5.74) is 6.34. The number of aromatic nitrogens is 2. The van der Waals surface area contributed by atoms with Gasteiger partial charge in [0.05, 0.1) is 11.4 Å². The van der Waals surface area contributed by atoms with E-state index in [1.54, 1.807) is 36.4 Å². The number of hydrogen-bond acceptors (Lipinski definition) is 4. The summed E-state index contributed by atoms with van der Waals surface area (Å²) in [6.45, 7) is 0. The van der Waals surface area contributed by atoms with E-state index in [4.69, 9.17) is 17.3 Å². The summed E-state index contributed by atoms with van der Waals surface area (Å²) < 4.78 is 1.34. The minimum absolute atomic E-state index is 0.101. The van der Waals surface area contributed by atoms with E-state index in [-0.39, 0.29) is 16.4 Å². The molecule has 0 aliphatic heterocycles. The van der Waals surface area contributed by atoms with Gasteiger partial charge < -0.3 is 5.73 Å². The molecule has 0 unspecified atom stereocenters. The van der Waals surface area contributed by atoms with E-state index in [0.29, 0.717) is 16.7 Å². The maximum atomic E-state index is 12.5. The summed E-state index contributed by atoms with van der Waals surface area (Å²) in [5, 5.41) is 9.95. The summed E-state index contributed by atoms with van der Waals surface area (Å²) in [4.78, 5) is 16.7. The maximum Gasteiger partial charge on any atom is 0.276 e. The number of pyridine rings is 2. The molecule has 0 atom stereocenters. The van der Waals surface area contributed by atoms with Crippen molar-refractivity contribution >= 4 is 28.3 Å². The molecule has 0 aliphatic rings. The minimum atomic E-state index is -0.511. The molecule has 0 saturated heterocycles. The molecular formula is C15H9ClN4O. The van der Waals surface area contributed by atoms with Gasteiger partial charge in [0, 0.05) is 5.39 Å². The molecule has 0 fully saturated rings. The molecule has 3 aromatic rings. The molecule has 0 aliphatic carbocycles. The third-order valence-corrected chi connectivity index (χ3v) is 3.37. The average Bonchev–Trinajstić information content (AvgIpc) is 2.48. The van der Waals surface area contributed by atoms with Crippen LogP contribution in [0.1, 0.15) is 5.56 Å². The molecule has 5 nitrogen and oxygen atoms in total. The number of hydrogen-bond donors (Lipinski definition) is 1. The molecule has 0 radical (unpaired) electrons. The van der Waals surface area contributed by atoms with Gasteiger partial charge in [-0.15, -0.1) is 0 Å². The fourth-order valence-corrected chi connectivity index (χ4v) is 2.33. The lowest BCUT2D eigenvalue weighted by atomic mass is 10.1. The first-order valence-electron chi connectivity index (χ1n) is 6.09. The van der Waals surface area contributed by atoms with Gasteiger partial charge in [0.2, 0.25) is 0 Å². The van der Waals surface area contributed by atoms with Crippen molar-refractivity contribution < 1.29 is 0 Å². The third kappa shape index (κ3) is 2.02. The van der Waals surface area contributed by atoms with Crippen molar-refractivity contribution in [3.05, 3.63) is 63.5 Å². The standard InChI is InChI=1S/C15H9ClN4O/c16-12-7-6-10-13(18)11(8-17)15(21)20(14(10)19-12)9-4-2-1-3-5-9/h1-7H,18H2. The number of halogens is 1. The fourth-order valence-electron chi connectivity index (χ4n) is 2.19. The zero-order chi connectivity index (χ0) is 15.0. The van der Waals surface area contributed by atoms with Crippen LogP contribution in [0.15, 0.2) is 47.3 Å². The number of para-hydroxylation sites is 1. The van der Waals surface area contributed by atoms with E-state index in [0.717, 1.165) is 0 Å². The van der Waals surface area contributed by atoms with Gasteiger partial charge in [-0.3, -0.25) is 9.36 Å². The lowest BCUT2D eigenvalue weighted by Crippen LogP contribution is -2.24. The van der Waals surface area contributed by atoms with Gasteiger partial charge in [-0.2, -0.15) is 5.26 Å². The first kappa shape index (κ1) is 13.2. The SMILES string of the molecule is N#Cc1c(N)c2ccc(Cl)nc2n(-c2ccccc2)c1=O. The van der Waals surface area contributed by atoms with Crippen molar-refractivity contribution in [3.8, 4) is 11.8 Å². The Balaban J connectivity index is 2.57. The Hall–Kier alpha value is -2.84. The quantitative estimate of drug-likeness (QED) is 0.699. The topological polar surface area (TPSA) is 84.7 Å². The Morgan fingerprint density at radius 3 is 2.57 bits per heavy atom. The van der Waals surface area contributed by atoms with E-state index in [1.165, 1.54) is 4.57 Å². The highest BCUT2D eigenvalue weighted by atomic mass is 35.5. The maximum absolute atomic E-state index is 12.5. The van der Waals surface area contributed by atoms with Gasteiger partial charge in [-0.25, -0.2) is 4.98 Å². The van der Waals surface area contributed by atoms with Gasteiger partial charge in [0.15, 0.2) is 5.65 Å². The number of anilines is 1. The molecule has 102 valence electrons. The van der Waals surface area contributed by atoms with Gasteiger partial charge in [0.25, 0.3) is 5.56 Å². The van der Waals surface area contributed by atoms with Crippen LogP contribution in [0.5, 0.6) is 0 Å². The average molecular weight is 297 g/mol. The zero-order valence-corrected chi connectivity index (χ0v) is 11.5. The summed E-state index contributed by atoms with van der Waals surface area (Å²) in [6.07, 6.45) is 0. The number of fused-ring (bicyclic) bond motifs is 1. The van der Waals surface area contributed by atoms with Crippen LogP contribution in [-0.4, -0.2) is 9.55 Å². The Labute approximate surface area is 124 Å². The van der Waals surface area contributed by atoms with Crippen LogP contribution in [0.4, 0.5) is 5.69 Å². The Morgan fingerprint density at radius 2 is 1.90 bits per heavy atom. The van der Waals surface area contributed by atoms with Crippen LogP contribution in [0, 0.1) is 11.3 Å². The predicted octanol–water partition coefficient (Wildman–Crippen LogP) is 2.49. The second-order valence-corrected chi connectivity index (χ2v) is 4.77. The zero-order valence-electron chi connectivity index (χ0n) is 10.7. The van der Waals surface area contributed by atoms with Crippen LogP contribution < -0.4 is 11.3 Å². The van der Waals surface area contributed by atoms with Gasteiger partial charge in [-0.1, -0.05) is 29.8 Å². The van der Waals surface area contributed by atoms with Crippen LogP contribution in [0.3, 0.4) is 0 Å². The van der Waals surface area contributed by atoms with Crippen molar-refractivity contribution in [1.82, 2.24) is 9.55 Å². The van der Waals surface area contributed by atoms with Crippen molar-refractivity contribution in [2.45, 2.75) is 0 Å². The summed E-state index contributed by atoms with van der Waals surface area (Å²) >= 11 is 5.92. The first-order chi connectivity index (χ1) is 10.1. The number of nitrogens with two attached hydrogens (primary N) is 1. The number of nitrogen functional groups attached to an aromatic ring is 1. The molecule has 0 amide bonds. The number of benzene rings is 1. The number of nitrogens with zero attached hydrogens (tertiary/aromatic N) is 3.